The maximum atomic E-state index is 4.94. The van der Waals surface area contributed by atoms with E-state index in [-0.39, 0.29) is 0 Å². The first-order valence-electron chi connectivity index (χ1n) is 18.6. The van der Waals surface area contributed by atoms with E-state index in [1.54, 1.807) is 12.4 Å². The Morgan fingerprint density at radius 1 is 0.364 bits per heavy atom. The van der Waals surface area contributed by atoms with E-state index >= 15 is 0 Å². The van der Waals surface area contributed by atoms with Crippen LogP contribution in [0.15, 0.2) is 194 Å². The van der Waals surface area contributed by atoms with Crippen LogP contribution in [0.4, 0.5) is 0 Å². The maximum Gasteiger partial charge on any atom is 0.196 e. The largest absolute Gasteiger partial charge is 0.290 e. The Morgan fingerprint density at radius 3 is 1.56 bits per heavy atom. The van der Waals surface area contributed by atoms with E-state index < -0.39 is 0 Å². The molecular weight excluding hydrogens is 669 g/mol. The summed E-state index contributed by atoms with van der Waals surface area (Å²) < 4.78 is 2.15. The molecular formula is C51H32N4. The van der Waals surface area contributed by atoms with Crippen LogP contribution in [-0.4, -0.2) is 19.5 Å². The molecule has 11 rings (SSSR count). The maximum absolute atomic E-state index is 4.94. The SMILES string of the molecule is c1cnc(-c2nc3ccccc3n2-c2ccc(-c3ccc4c(-c5ccc6ccccc6c5)c5ccccc5c(-c5ccc6ccccc6c5)c4c3)cc2)nc1. The van der Waals surface area contributed by atoms with Crippen LogP contribution < -0.4 is 0 Å². The number of hydrogen-bond donors (Lipinski definition) is 0. The molecule has 0 amide bonds. The van der Waals surface area contributed by atoms with Gasteiger partial charge in [0.2, 0.25) is 0 Å². The third-order valence-electron chi connectivity index (χ3n) is 10.9. The first kappa shape index (κ1) is 31.1. The zero-order valence-corrected chi connectivity index (χ0v) is 29.8. The minimum Gasteiger partial charge on any atom is -0.290 e. The Hall–Kier alpha value is -7.43. The number of fused-ring (bicyclic) bond motifs is 5. The van der Waals surface area contributed by atoms with Crippen molar-refractivity contribution in [3.05, 3.63) is 194 Å². The fourth-order valence-corrected chi connectivity index (χ4v) is 8.32. The molecule has 0 aliphatic carbocycles. The van der Waals surface area contributed by atoms with Crippen LogP contribution in [-0.2, 0) is 0 Å². The molecule has 11 aromatic rings. The summed E-state index contributed by atoms with van der Waals surface area (Å²) >= 11 is 0. The molecule has 0 saturated heterocycles. The highest BCUT2D eigenvalue weighted by molar-refractivity contribution is 6.22. The predicted octanol–water partition coefficient (Wildman–Crippen LogP) is 13.1. The third kappa shape index (κ3) is 5.19. The van der Waals surface area contributed by atoms with Crippen LogP contribution in [0.1, 0.15) is 0 Å². The molecule has 0 N–H and O–H groups in total. The lowest BCUT2D eigenvalue weighted by atomic mass is 9.84. The molecule has 0 bridgehead atoms. The Kier molecular flexibility index (Phi) is 7.14. The highest BCUT2D eigenvalue weighted by atomic mass is 15.1. The minimum atomic E-state index is 0.591. The van der Waals surface area contributed by atoms with Crippen molar-refractivity contribution in [3.63, 3.8) is 0 Å². The van der Waals surface area contributed by atoms with Gasteiger partial charge in [-0.2, -0.15) is 0 Å². The fraction of sp³-hybridized carbons (Fsp3) is 0. The van der Waals surface area contributed by atoms with E-state index in [1.807, 2.05) is 24.3 Å². The number of hydrogen-bond acceptors (Lipinski definition) is 3. The number of imidazole rings is 1. The van der Waals surface area contributed by atoms with Crippen molar-refractivity contribution in [2.45, 2.75) is 0 Å². The molecule has 9 aromatic carbocycles. The molecule has 0 fully saturated rings. The molecule has 0 unspecified atom stereocenters. The summed E-state index contributed by atoms with van der Waals surface area (Å²) in [6, 6.07) is 65.6. The van der Waals surface area contributed by atoms with Crippen molar-refractivity contribution in [1.82, 2.24) is 19.5 Å². The Balaban J connectivity index is 1.13. The third-order valence-corrected chi connectivity index (χ3v) is 10.9. The summed E-state index contributed by atoms with van der Waals surface area (Å²) in [5.74, 6) is 1.31. The van der Waals surface area contributed by atoms with Gasteiger partial charge in [-0.25, -0.2) is 15.0 Å². The van der Waals surface area contributed by atoms with Crippen molar-refractivity contribution in [1.29, 1.82) is 0 Å². The van der Waals surface area contributed by atoms with E-state index in [4.69, 9.17) is 4.98 Å². The molecule has 0 atom stereocenters. The summed E-state index contributed by atoms with van der Waals surface area (Å²) in [6.07, 6.45) is 3.52. The Labute approximate surface area is 317 Å². The molecule has 0 aliphatic heterocycles. The second-order valence-electron chi connectivity index (χ2n) is 14.1. The van der Waals surface area contributed by atoms with Crippen molar-refractivity contribution >= 4 is 54.1 Å². The van der Waals surface area contributed by atoms with Crippen LogP contribution >= 0.6 is 0 Å². The van der Waals surface area contributed by atoms with E-state index in [1.165, 1.54) is 65.3 Å². The lowest BCUT2D eigenvalue weighted by Crippen LogP contribution is -2.00. The first-order valence-corrected chi connectivity index (χ1v) is 18.6. The van der Waals surface area contributed by atoms with Gasteiger partial charge in [0, 0.05) is 18.1 Å². The second kappa shape index (κ2) is 12.6. The summed E-state index contributed by atoms with van der Waals surface area (Å²) in [5, 5.41) is 9.89. The zero-order chi connectivity index (χ0) is 36.3. The summed E-state index contributed by atoms with van der Waals surface area (Å²) in [4.78, 5) is 14.0. The van der Waals surface area contributed by atoms with Crippen molar-refractivity contribution in [2.24, 2.45) is 0 Å². The highest BCUT2D eigenvalue weighted by Gasteiger charge is 2.19. The second-order valence-corrected chi connectivity index (χ2v) is 14.1. The topological polar surface area (TPSA) is 43.6 Å². The van der Waals surface area contributed by atoms with Gasteiger partial charge < -0.3 is 0 Å². The quantitative estimate of drug-likeness (QED) is 0.168. The molecule has 4 heteroatoms. The lowest BCUT2D eigenvalue weighted by Gasteiger charge is -2.19. The number of nitrogens with zero attached hydrogens (tertiary/aromatic N) is 4. The van der Waals surface area contributed by atoms with E-state index in [0.717, 1.165) is 27.8 Å². The van der Waals surface area contributed by atoms with Crippen LogP contribution in [0.3, 0.4) is 0 Å². The number of aromatic nitrogens is 4. The van der Waals surface area contributed by atoms with Gasteiger partial charge in [-0.15, -0.1) is 0 Å². The Bertz CT molecular complexity index is 3250. The molecule has 0 saturated carbocycles. The highest BCUT2D eigenvalue weighted by Crippen LogP contribution is 2.46. The fourth-order valence-electron chi connectivity index (χ4n) is 8.32. The van der Waals surface area contributed by atoms with Crippen LogP contribution in [0.25, 0.3) is 105 Å². The van der Waals surface area contributed by atoms with E-state index in [0.29, 0.717) is 11.6 Å². The van der Waals surface area contributed by atoms with Crippen molar-refractivity contribution in [2.75, 3.05) is 0 Å². The first-order chi connectivity index (χ1) is 27.3. The van der Waals surface area contributed by atoms with E-state index in [9.17, 15) is 0 Å². The molecule has 4 nitrogen and oxygen atoms in total. The standard InChI is InChI=1S/C51H32N4/c1-3-12-36-30-39(20-18-33(36)10-1)48-42-14-5-6-15-43(42)49(40-21-19-34-11-2-4-13-37(34)31-40)45-32-38(24-27-44(45)48)35-22-25-41(26-23-35)55-47-17-8-7-16-46(47)54-51(55)50-52-28-9-29-53-50/h1-32H. The van der Waals surface area contributed by atoms with Gasteiger partial charge in [0.05, 0.1) is 11.0 Å². The van der Waals surface area contributed by atoms with Gasteiger partial charge >= 0.3 is 0 Å². The molecule has 256 valence electrons. The van der Waals surface area contributed by atoms with Crippen LogP contribution in [0.2, 0.25) is 0 Å². The molecule has 2 heterocycles. The zero-order valence-electron chi connectivity index (χ0n) is 29.8. The van der Waals surface area contributed by atoms with E-state index in [2.05, 4.69) is 172 Å². The van der Waals surface area contributed by atoms with Crippen LogP contribution in [0.5, 0.6) is 0 Å². The average Bonchev–Trinajstić information content (AvgIpc) is 3.65. The summed E-state index contributed by atoms with van der Waals surface area (Å²) in [6.45, 7) is 0. The smallest absolute Gasteiger partial charge is 0.196 e. The number of para-hydroxylation sites is 2. The molecule has 0 radical (unpaired) electrons. The summed E-state index contributed by atoms with van der Waals surface area (Å²) in [5.41, 5.74) is 10.1. The Morgan fingerprint density at radius 2 is 0.891 bits per heavy atom. The van der Waals surface area contributed by atoms with Gasteiger partial charge in [-0.3, -0.25) is 4.57 Å². The molecule has 0 spiro atoms. The summed E-state index contributed by atoms with van der Waals surface area (Å²) in [7, 11) is 0. The van der Waals surface area contributed by atoms with Gasteiger partial charge in [0.25, 0.3) is 0 Å². The number of benzene rings is 9. The monoisotopic (exact) mass is 700 g/mol. The van der Waals surface area contributed by atoms with Crippen LogP contribution in [0, 0.1) is 0 Å². The van der Waals surface area contributed by atoms with Crippen molar-refractivity contribution < 1.29 is 0 Å². The predicted molar refractivity (Wildman–Crippen MR) is 228 cm³/mol. The van der Waals surface area contributed by atoms with Crippen molar-refractivity contribution in [3.8, 4) is 50.7 Å². The average molecular weight is 701 g/mol. The van der Waals surface area contributed by atoms with Gasteiger partial charge in [-0.1, -0.05) is 133 Å². The number of rotatable bonds is 5. The molecule has 2 aromatic heterocycles. The molecule has 55 heavy (non-hydrogen) atoms. The minimum absolute atomic E-state index is 0.591. The van der Waals surface area contributed by atoms with Gasteiger partial charge in [-0.05, 0) is 125 Å². The van der Waals surface area contributed by atoms with Gasteiger partial charge in [0.1, 0.15) is 0 Å². The molecule has 0 aliphatic rings. The van der Waals surface area contributed by atoms with Gasteiger partial charge in [0.15, 0.2) is 11.6 Å². The normalized spacial score (nSPS) is 11.6. The lowest BCUT2D eigenvalue weighted by molar-refractivity contribution is 1.04.